The van der Waals surface area contributed by atoms with Crippen LogP contribution < -0.4 is 16.4 Å². The quantitative estimate of drug-likeness (QED) is 0.447. The molecule has 0 heterocycles. The molecule has 0 saturated carbocycles. The number of hydrogen-bond donors (Lipinski definition) is 3. The van der Waals surface area contributed by atoms with Crippen molar-refractivity contribution in [2.24, 2.45) is 10.7 Å². The molecular weight excluding hydrogens is 422 g/mol. The van der Waals surface area contributed by atoms with E-state index in [1.807, 2.05) is 42.3 Å². The second-order valence-electron chi connectivity index (χ2n) is 6.19. The summed E-state index contributed by atoms with van der Waals surface area (Å²) in [5, 5.41) is 5.77. The normalized spacial score (nSPS) is 11.0. The standard InChI is InChI=1S/C20H24BrN5O2/c1-23-20(26(2)13-16-5-3-4-6-17(16)21)25-11-14-7-9-15(10-8-14)19(28)24-12-18(22)27/h3-10H,11-13H2,1-2H3,(H2,22,27)(H,23,25)(H,24,28). The van der Waals surface area contributed by atoms with Gasteiger partial charge < -0.3 is 21.3 Å². The van der Waals surface area contributed by atoms with Crippen molar-refractivity contribution >= 4 is 33.7 Å². The second-order valence-corrected chi connectivity index (χ2v) is 7.05. The topological polar surface area (TPSA) is 99.8 Å². The molecule has 4 N–H and O–H groups in total. The number of carbonyl (C=O) groups excluding carboxylic acids is 2. The monoisotopic (exact) mass is 445 g/mol. The van der Waals surface area contributed by atoms with Gasteiger partial charge in [0.2, 0.25) is 5.91 Å². The van der Waals surface area contributed by atoms with Gasteiger partial charge in [-0.2, -0.15) is 0 Å². The summed E-state index contributed by atoms with van der Waals surface area (Å²) < 4.78 is 1.06. The number of carbonyl (C=O) groups is 2. The third kappa shape index (κ3) is 6.38. The average Bonchev–Trinajstić information content (AvgIpc) is 2.68. The predicted octanol–water partition coefficient (Wildman–Crippen LogP) is 1.87. The van der Waals surface area contributed by atoms with Gasteiger partial charge in [-0.1, -0.05) is 46.3 Å². The summed E-state index contributed by atoms with van der Waals surface area (Å²) >= 11 is 3.56. The first-order valence-electron chi connectivity index (χ1n) is 8.71. The molecule has 0 aromatic heterocycles. The van der Waals surface area contributed by atoms with Crippen molar-refractivity contribution in [2.75, 3.05) is 20.6 Å². The lowest BCUT2D eigenvalue weighted by molar-refractivity contribution is -0.117. The first-order valence-corrected chi connectivity index (χ1v) is 9.50. The fourth-order valence-corrected chi connectivity index (χ4v) is 2.98. The lowest BCUT2D eigenvalue weighted by atomic mass is 10.1. The molecule has 28 heavy (non-hydrogen) atoms. The Balaban J connectivity index is 1.91. The molecule has 0 aliphatic rings. The highest BCUT2D eigenvalue weighted by Crippen LogP contribution is 2.17. The fraction of sp³-hybridized carbons (Fsp3) is 0.250. The highest BCUT2D eigenvalue weighted by molar-refractivity contribution is 9.10. The molecule has 0 saturated heterocycles. The molecule has 0 aliphatic carbocycles. The van der Waals surface area contributed by atoms with E-state index in [1.54, 1.807) is 19.2 Å². The summed E-state index contributed by atoms with van der Waals surface area (Å²) in [6.45, 7) is 1.10. The molecular formula is C20H24BrN5O2. The molecule has 148 valence electrons. The highest BCUT2D eigenvalue weighted by atomic mass is 79.9. The van der Waals surface area contributed by atoms with Gasteiger partial charge in [-0.05, 0) is 29.3 Å². The summed E-state index contributed by atoms with van der Waals surface area (Å²) in [5.74, 6) is -0.145. The molecule has 0 bridgehead atoms. The second kappa shape index (κ2) is 10.5. The number of aliphatic imine (C=N–C) groups is 1. The Morgan fingerprint density at radius 3 is 2.39 bits per heavy atom. The maximum absolute atomic E-state index is 11.9. The van der Waals surface area contributed by atoms with E-state index in [0.29, 0.717) is 18.7 Å². The smallest absolute Gasteiger partial charge is 0.251 e. The van der Waals surface area contributed by atoms with E-state index in [2.05, 4.69) is 37.6 Å². The SMILES string of the molecule is CN=C(NCc1ccc(C(=O)NCC(N)=O)cc1)N(C)Cc1ccccc1Br. The van der Waals surface area contributed by atoms with Gasteiger partial charge in [0.1, 0.15) is 0 Å². The van der Waals surface area contributed by atoms with E-state index in [9.17, 15) is 9.59 Å². The molecule has 2 aromatic rings. The third-order valence-electron chi connectivity index (χ3n) is 4.03. The van der Waals surface area contributed by atoms with Gasteiger partial charge in [0.05, 0.1) is 6.54 Å². The Morgan fingerprint density at radius 1 is 1.11 bits per heavy atom. The molecule has 0 spiro atoms. The van der Waals surface area contributed by atoms with Crippen LogP contribution in [0.2, 0.25) is 0 Å². The third-order valence-corrected chi connectivity index (χ3v) is 4.80. The number of nitrogens with zero attached hydrogens (tertiary/aromatic N) is 2. The Labute approximate surface area is 173 Å². The lowest BCUT2D eigenvalue weighted by Gasteiger charge is -2.22. The summed E-state index contributed by atoms with van der Waals surface area (Å²) in [5.41, 5.74) is 7.67. The largest absolute Gasteiger partial charge is 0.368 e. The molecule has 0 radical (unpaired) electrons. The van der Waals surface area contributed by atoms with Crippen molar-refractivity contribution in [3.63, 3.8) is 0 Å². The molecule has 0 atom stereocenters. The molecule has 7 nitrogen and oxygen atoms in total. The van der Waals surface area contributed by atoms with E-state index >= 15 is 0 Å². The zero-order chi connectivity index (χ0) is 20.5. The maximum Gasteiger partial charge on any atom is 0.251 e. The van der Waals surface area contributed by atoms with Gasteiger partial charge in [0.15, 0.2) is 5.96 Å². The van der Waals surface area contributed by atoms with Gasteiger partial charge >= 0.3 is 0 Å². The first-order chi connectivity index (χ1) is 13.4. The van der Waals surface area contributed by atoms with Crippen molar-refractivity contribution < 1.29 is 9.59 Å². The molecule has 2 rings (SSSR count). The number of primary amides is 1. The van der Waals surface area contributed by atoms with E-state index < -0.39 is 5.91 Å². The van der Waals surface area contributed by atoms with Crippen LogP contribution >= 0.6 is 15.9 Å². The van der Waals surface area contributed by atoms with E-state index in [1.165, 1.54) is 5.56 Å². The number of amides is 2. The molecule has 2 aromatic carbocycles. The van der Waals surface area contributed by atoms with Crippen molar-refractivity contribution in [1.82, 2.24) is 15.5 Å². The Bertz CT molecular complexity index is 852. The van der Waals surface area contributed by atoms with Crippen molar-refractivity contribution in [2.45, 2.75) is 13.1 Å². The molecule has 0 fully saturated rings. The van der Waals surface area contributed by atoms with Crippen LogP contribution in [0.5, 0.6) is 0 Å². The zero-order valence-electron chi connectivity index (χ0n) is 15.9. The zero-order valence-corrected chi connectivity index (χ0v) is 17.5. The Morgan fingerprint density at radius 2 is 1.79 bits per heavy atom. The number of benzene rings is 2. The minimum Gasteiger partial charge on any atom is -0.368 e. The van der Waals surface area contributed by atoms with Crippen LogP contribution in [0.3, 0.4) is 0 Å². The fourth-order valence-electron chi connectivity index (χ4n) is 2.57. The first kappa shape index (κ1) is 21.4. The van der Waals surface area contributed by atoms with Crippen LogP contribution in [0.4, 0.5) is 0 Å². The van der Waals surface area contributed by atoms with Gasteiger partial charge in [-0.25, -0.2) is 0 Å². The lowest BCUT2D eigenvalue weighted by Crippen LogP contribution is -2.38. The molecule has 0 unspecified atom stereocenters. The van der Waals surface area contributed by atoms with Gasteiger partial charge in [0.25, 0.3) is 5.91 Å². The molecule has 2 amide bonds. The van der Waals surface area contributed by atoms with Crippen LogP contribution in [0.1, 0.15) is 21.5 Å². The summed E-state index contributed by atoms with van der Waals surface area (Å²) in [6, 6.07) is 15.2. The van der Waals surface area contributed by atoms with E-state index in [4.69, 9.17) is 5.73 Å². The summed E-state index contributed by atoms with van der Waals surface area (Å²) in [7, 11) is 3.71. The summed E-state index contributed by atoms with van der Waals surface area (Å²) in [6.07, 6.45) is 0. The van der Waals surface area contributed by atoms with Crippen LogP contribution in [-0.2, 0) is 17.9 Å². The minimum absolute atomic E-state index is 0.178. The Hall–Kier alpha value is -2.87. The van der Waals surface area contributed by atoms with E-state index in [-0.39, 0.29) is 12.5 Å². The number of rotatable bonds is 7. The van der Waals surface area contributed by atoms with E-state index in [0.717, 1.165) is 16.0 Å². The van der Waals surface area contributed by atoms with Crippen molar-refractivity contribution in [3.8, 4) is 0 Å². The van der Waals surface area contributed by atoms with Crippen LogP contribution in [-0.4, -0.2) is 43.3 Å². The van der Waals surface area contributed by atoms with Crippen LogP contribution in [0.15, 0.2) is 58.0 Å². The van der Waals surface area contributed by atoms with Gasteiger partial charge in [-0.3, -0.25) is 14.6 Å². The molecule has 8 heteroatoms. The van der Waals surface area contributed by atoms with Crippen LogP contribution in [0.25, 0.3) is 0 Å². The number of halogens is 1. The number of nitrogens with one attached hydrogen (secondary N) is 2. The number of nitrogens with two attached hydrogens (primary N) is 1. The minimum atomic E-state index is -0.577. The number of guanidine groups is 1. The van der Waals surface area contributed by atoms with Crippen LogP contribution in [0, 0.1) is 0 Å². The summed E-state index contributed by atoms with van der Waals surface area (Å²) in [4.78, 5) is 29.0. The molecule has 0 aliphatic heterocycles. The van der Waals surface area contributed by atoms with Crippen molar-refractivity contribution in [1.29, 1.82) is 0 Å². The van der Waals surface area contributed by atoms with Gasteiger partial charge in [0, 0.05) is 37.2 Å². The predicted molar refractivity (Wildman–Crippen MR) is 114 cm³/mol. The maximum atomic E-state index is 11.9. The Kier molecular flexibility index (Phi) is 8.01. The van der Waals surface area contributed by atoms with Gasteiger partial charge in [-0.15, -0.1) is 0 Å². The number of hydrogen-bond acceptors (Lipinski definition) is 3. The average molecular weight is 446 g/mol. The van der Waals surface area contributed by atoms with Crippen molar-refractivity contribution in [3.05, 3.63) is 69.7 Å². The highest BCUT2D eigenvalue weighted by Gasteiger charge is 2.09.